The van der Waals surface area contributed by atoms with Gasteiger partial charge in [0, 0.05) is 48.4 Å². The van der Waals surface area contributed by atoms with Crippen molar-refractivity contribution in [3.8, 4) is 22.3 Å². The van der Waals surface area contributed by atoms with Crippen molar-refractivity contribution in [1.29, 1.82) is 0 Å². The number of benzene rings is 10. The summed E-state index contributed by atoms with van der Waals surface area (Å²) in [7, 11) is 0. The molecule has 2 heterocycles. The van der Waals surface area contributed by atoms with E-state index in [9.17, 15) is 0 Å². The monoisotopic (exact) mass is 743 g/mol. The molecule has 0 radical (unpaired) electrons. The van der Waals surface area contributed by atoms with Gasteiger partial charge in [-0.2, -0.15) is 0 Å². The standard InChI is InChI=1S/C54H33NOS/c1-3-14-38-34(12-1)28-32-42-39(18-9-19-41(38)42)36-26-30-37(31-27-36)55(50-24-11-22-48-44-17-6-8-25-51(44)57-54(48)50)49-23-7-5-16-43(49)45-20-10-21-46-47-33-29-35-13-2-4-15-40(35)52(47)56-53(45)46/h1-33H. The van der Waals surface area contributed by atoms with Gasteiger partial charge in [-0.3, -0.25) is 0 Å². The van der Waals surface area contributed by atoms with Crippen molar-refractivity contribution in [3.63, 3.8) is 0 Å². The maximum absolute atomic E-state index is 6.92. The number of hydrogen-bond acceptors (Lipinski definition) is 3. The fraction of sp³-hybridized carbons (Fsp3) is 0. The third-order valence-corrected chi connectivity index (χ3v) is 12.9. The number of rotatable bonds is 5. The minimum absolute atomic E-state index is 0.898. The maximum Gasteiger partial charge on any atom is 0.143 e. The highest BCUT2D eigenvalue weighted by Gasteiger charge is 2.23. The summed E-state index contributed by atoms with van der Waals surface area (Å²) in [5.74, 6) is 0. The molecule has 0 amide bonds. The van der Waals surface area contributed by atoms with Gasteiger partial charge >= 0.3 is 0 Å². The number of hydrogen-bond donors (Lipinski definition) is 0. The molecule has 3 heteroatoms. The molecule has 10 aromatic carbocycles. The van der Waals surface area contributed by atoms with Crippen molar-refractivity contribution < 1.29 is 4.42 Å². The van der Waals surface area contributed by atoms with Gasteiger partial charge in [0.15, 0.2) is 0 Å². The fourth-order valence-electron chi connectivity index (χ4n) is 9.03. The molecule has 0 aliphatic heterocycles. The van der Waals surface area contributed by atoms with Gasteiger partial charge in [-0.15, -0.1) is 11.3 Å². The van der Waals surface area contributed by atoms with Gasteiger partial charge in [-0.05, 0) is 74.5 Å². The molecule has 0 saturated heterocycles. The van der Waals surface area contributed by atoms with Crippen molar-refractivity contribution in [2.75, 3.05) is 4.90 Å². The van der Waals surface area contributed by atoms with E-state index in [-0.39, 0.29) is 0 Å². The predicted molar refractivity (Wildman–Crippen MR) is 245 cm³/mol. The first kappa shape index (κ1) is 32.1. The minimum Gasteiger partial charge on any atom is -0.455 e. The Kier molecular flexibility index (Phi) is 7.13. The second kappa shape index (κ2) is 12.7. The van der Waals surface area contributed by atoms with Crippen molar-refractivity contribution in [2.45, 2.75) is 0 Å². The van der Waals surface area contributed by atoms with Crippen molar-refractivity contribution >= 4 is 103 Å². The Morgan fingerprint density at radius 1 is 0.333 bits per heavy atom. The molecule has 0 fully saturated rings. The number of thiophene rings is 1. The second-order valence-corrected chi connectivity index (χ2v) is 15.8. The summed E-state index contributed by atoms with van der Waals surface area (Å²) in [6.07, 6.45) is 0. The van der Waals surface area contributed by atoms with E-state index in [4.69, 9.17) is 4.42 Å². The molecule has 0 unspecified atom stereocenters. The minimum atomic E-state index is 0.898. The fourth-order valence-corrected chi connectivity index (χ4v) is 10.2. The van der Waals surface area contributed by atoms with Crippen LogP contribution in [-0.4, -0.2) is 0 Å². The molecular weight excluding hydrogens is 711 g/mol. The molecule has 12 aromatic rings. The lowest BCUT2D eigenvalue weighted by molar-refractivity contribution is 0.674. The lowest BCUT2D eigenvalue weighted by Gasteiger charge is -2.28. The van der Waals surface area contributed by atoms with Crippen molar-refractivity contribution in [2.24, 2.45) is 0 Å². The zero-order chi connectivity index (χ0) is 37.5. The molecule has 57 heavy (non-hydrogen) atoms. The van der Waals surface area contributed by atoms with Crippen LogP contribution in [-0.2, 0) is 0 Å². The Bertz CT molecular complexity index is 3540. The largest absolute Gasteiger partial charge is 0.455 e. The number of nitrogens with zero attached hydrogens (tertiary/aromatic N) is 1. The average molecular weight is 744 g/mol. The molecular formula is C54H33NOS. The average Bonchev–Trinajstić information content (AvgIpc) is 3.86. The number of anilines is 3. The summed E-state index contributed by atoms with van der Waals surface area (Å²) in [5, 5.41) is 12.2. The van der Waals surface area contributed by atoms with Crippen LogP contribution in [0, 0.1) is 0 Å². The highest BCUT2D eigenvalue weighted by molar-refractivity contribution is 7.26. The van der Waals surface area contributed by atoms with E-state index >= 15 is 0 Å². The predicted octanol–water partition coefficient (Wildman–Crippen LogP) is 16.2. The van der Waals surface area contributed by atoms with Crippen molar-refractivity contribution in [3.05, 3.63) is 200 Å². The van der Waals surface area contributed by atoms with Gasteiger partial charge in [0.1, 0.15) is 11.2 Å². The normalized spacial score (nSPS) is 11.9. The first-order valence-corrected chi connectivity index (χ1v) is 20.2. The van der Waals surface area contributed by atoms with E-state index < -0.39 is 0 Å². The van der Waals surface area contributed by atoms with Gasteiger partial charge in [0.05, 0.1) is 16.1 Å². The van der Waals surface area contributed by atoms with Crippen LogP contribution >= 0.6 is 11.3 Å². The first-order valence-electron chi connectivity index (χ1n) is 19.4. The number of fused-ring (bicyclic) bond motifs is 11. The van der Waals surface area contributed by atoms with Gasteiger partial charge in [-0.1, -0.05) is 164 Å². The Balaban J connectivity index is 1.08. The molecule has 0 spiro atoms. The third kappa shape index (κ3) is 4.96. The zero-order valence-corrected chi connectivity index (χ0v) is 31.6. The summed E-state index contributed by atoms with van der Waals surface area (Å²) in [4.78, 5) is 2.45. The van der Waals surface area contributed by atoms with Crippen LogP contribution < -0.4 is 4.90 Å². The van der Waals surface area contributed by atoms with E-state index in [1.54, 1.807) is 0 Å². The molecule has 0 saturated carbocycles. The Labute approximate surface area is 333 Å². The topological polar surface area (TPSA) is 16.4 Å². The van der Waals surface area contributed by atoms with Gasteiger partial charge in [0.25, 0.3) is 0 Å². The van der Waals surface area contributed by atoms with E-state index in [1.807, 2.05) is 11.3 Å². The molecule has 2 nitrogen and oxygen atoms in total. The number of para-hydroxylation sites is 2. The van der Waals surface area contributed by atoms with Gasteiger partial charge < -0.3 is 9.32 Å². The third-order valence-electron chi connectivity index (χ3n) is 11.7. The summed E-state index contributed by atoms with van der Waals surface area (Å²) in [6.45, 7) is 0. The first-order chi connectivity index (χ1) is 28.3. The summed E-state index contributed by atoms with van der Waals surface area (Å²) in [5.41, 5.74) is 9.74. The highest BCUT2D eigenvalue weighted by Crippen LogP contribution is 2.49. The van der Waals surface area contributed by atoms with Crippen LogP contribution in [0.4, 0.5) is 17.1 Å². The maximum atomic E-state index is 6.92. The molecule has 2 aromatic heterocycles. The highest BCUT2D eigenvalue weighted by atomic mass is 32.1. The summed E-state index contributed by atoms with van der Waals surface area (Å²) < 4.78 is 9.46. The quantitative estimate of drug-likeness (QED) is 0.163. The van der Waals surface area contributed by atoms with Crippen LogP contribution in [0.1, 0.15) is 0 Å². The van der Waals surface area contributed by atoms with Crippen LogP contribution in [0.25, 0.3) is 96.7 Å². The van der Waals surface area contributed by atoms with E-state index in [2.05, 4.69) is 205 Å². The summed E-state index contributed by atoms with van der Waals surface area (Å²) >= 11 is 1.86. The molecule has 0 atom stereocenters. The molecule has 12 rings (SSSR count). The van der Waals surface area contributed by atoms with Crippen molar-refractivity contribution in [1.82, 2.24) is 0 Å². The second-order valence-electron chi connectivity index (χ2n) is 14.8. The Morgan fingerprint density at radius 2 is 0.912 bits per heavy atom. The van der Waals surface area contributed by atoms with Crippen LogP contribution in [0.2, 0.25) is 0 Å². The molecule has 0 aliphatic rings. The lowest BCUT2D eigenvalue weighted by atomic mass is 9.94. The molecule has 0 N–H and O–H groups in total. The Hall–Kier alpha value is -7.20. The molecule has 0 aliphatic carbocycles. The van der Waals surface area contributed by atoms with Gasteiger partial charge in [0.2, 0.25) is 0 Å². The molecule has 266 valence electrons. The Morgan fingerprint density at radius 3 is 1.77 bits per heavy atom. The van der Waals surface area contributed by atoms with E-state index in [0.29, 0.717) is 0 Å². The van der Waals surface area contributed by atoms with E-state index in [1.165, 1.54) is 58.2 Å². The van der Waals surface area contributed by atoms with E-state index in [0.717, 1.165) is 55.5 Å². The van der Waals surface area contributed by atoms with Crippen LogP contribution in [0.3, 0.4) is 0 Å². The summed E-state index contributed by atoms with van der Waals surface area (Å²) in [6, 6.07) is 72.7. The van der Waals surface area contributed by atoms with Crippen LogP contribution in [0.5, 0.6) is 0 Å². The number of furan rings is 1. The molecule has 0 bridgehead atoms. The SMILES string of the molecule is c1ccc(N(c2ccc(-c3cccc4c3ccc3ccccc34)cc2)c2cccc3c2sc2ccccc23)c(-c2cccc3c2oc2c4ccccc4ccc32)c1. The van der Waals surface area contributed by atoms with Gasteiger partial charge in [-0.25, -0.2) is 0 Å². The van der Waals surface area contributed by atoms with Crippen LogP contribution in [0.15, 0.2) is 205 Å². The lowest BCUT2D eigenvalue weighted by Crippen LogP contribution is -2.11. The smallest absolute Gasteiger partial charge is 0.143 e. The zero-order valence-electron chi connectivity index (χ0n) is 30.8.